The van der Waals surface area contributed by atoms with Crippen LogP contribution in [0.5, 0.6) is 0 Å². The van der Waals surface area contributed by atoms with Crippen LogP contribution < -0.4 is 0 Å². The molecule has 3 aromatic rings. The second kappa shape index (κ2) is 5.38. The van der Waals surface area contributed by atoms with Gasteiger partial charge in [-0.1, -0.05) is 12.8 Å². The van der Waals surface area contributed by atoms with E-state index in [0.717, 1.165) is 34.9 Å². The zero-order valence-electron chi connectivity index (χ0n) is 15.0. The summed E-state index contributed by atoms with van der Waals surface area (Å²) in [5.41, 5.74) is 4.71. The molecule has 4 nitrogen and oxygen atoms in total. The molecule has 0 atom stereocenters. The Bertz CT molecular complexity index is 973. The van der Waals surface area contributed by atoms with Gasteiger partial charge in [-0.2, -0.15) is 5.10 Å². The number of fused-ring (bicyclic) bond motifs is 1. The Hall–Kier alpha value is -1.75. The van der Waals surface area contributed by atoms with E-state index in [9.17, 15) is 0 Å². The molecule has 0 aromatic carbocycles. The fraction of sp³-hybridized carbons (Fsp3) is 0.524. The molecule has 3 aromatic heterocycles. The largest absolute Gasteiger partial charge is 0.277 e. The fourth-order valence-electron chi connectivity index (χ4n) is 6.55. The molecular weight excluding hydrogens is 340 g/mol. The predicted molar refractivity (Wildman–Crippen MR) is 106 cm³/mol. The Morgan fingerprint density at radius 2 is 1.73 bits per heavy atom. The molecule has 4 aliphatic rings. The highest BCUT2D eigenvalue weighted by molar-refractivity contribution is 7.78. The maximum absolute atomic E-state index is 4.83. The van der Waals surface area contributed by atoms with Gasteiger partial charge in [0.1, 0.15) is 5.65 Å². The summed E-state index contributed by atoms with van der Waals surface area (Å²) < 4.78 is 3.70. The minimum atomic E-state index is 0.713. The molecule has 4 aliphatic carbocycles. The van der Waals surface area contributed by atoms with Crippen LogP contribution in [0.15, 0.2) is 30.9 Å². The van der Waals surface area contributed by atoms with Gasteiger partial charge in [-0.3, -0.25) is 8.65 Å². The SMILES string of the molecule is Cn1cc(-c2cn(S)c3ncc(C4C5CC6CC(C5)CC4C6)cc23)cn1. The molecule has 0 amide bonds. The Balaban J connectivity index is 1.47. The van der Waals surface area contributed by atoms with E-state index in [-0.39, 0.29) is 0 Å². The predicted octanol–water partition coefficient (Wildman–Crippen LogP) is 4.67. The molecule has 0 N–H and O–H groups in total. The lowest BCUT2D eigenvalue weighted by molar-refractivity contribution is -0.00283. The van der Waals surface area contributed by atoms with Crippen LogP contribution >= 0.6 is 12.8 Å². The summed E-state index contributed by atoms with van der Waals surface area (Å²) in [7, 11) is 1.96. The topological polar surface area (TPSA) is 35.6 Å². The number of nitrogens with zero attached hydrogens (tertiary/aromatic N) is 4. The van der Waals surface area contributed by atoms with E-state index in [4.69, 9.17) is 4.98 Å². The van der Waals surface area contributed by atoms with Gasteiger partial charge in [0.05, 0.1) is 6.20 Å². The van der Waals surface area contributed by atoms with Gasteiger partial charge in [0.15, 0.2) is 0 Å². The molecule has 26 heavy (non-hydrogen) atoms. The number of rotatable bonds is 2. The Morgan fingerprint density at radius 1 is 1.00 bits per heavy atom. The van der Waals surface area contributed by atoms with E-state index < -0.39 is 0 Å². The summed E-state index contributed by atoms with van der Waals surface area (Å²) in [6.07, 6.45) is 15.5. The van der Waals surface area contributed by atoms with Crippen molar-refractivity contribution in [3.05, 3.63) is 36.4 Å². The smallest absolute Gasteiger partial charge is 0.150 e. The number of hydrogen-bond acceptors (Lipinski definition) is 3. The van der Waals surface area contributed by atoms with Crippen molar-refractivity contribution in [2.45, 2.75) is 38.0 Å². The molecule has 7 rings (SSSR count). The molecule has 4 fully saturated rings. The quantitative estimate of drug-likeness (QED) is 0.671. The van der Waals surface area contributed by atoms with Crippen LogP contribution in [0.1, 0.15) is 43.6 Å². The second-order valence-electron chi connectivity index (χ2n) is 8.89. The normalized spacial score (nSPS) is 32.6. The van der Waals surface area contributed by atoms with E-state index in [1.165, 1.54) is 48.6 Å². The van der Waals surface area contributed by atoms with Crippen LogP contribution in [0.25, 0.3) is 22.2 Å². The van der Waals surface area contributed by atoms with E-state index in [1.54, 1.807) is 0 Å². The van der Waals surface area contributed by atoms with Gasteiger partial charge < -0.3 is 0 Å². The summed E-state index contributed by atoms with van der Waals surface area (Å²) in [4.78, 5) is 4.83. The maximum atomic E-state index is 4.83. The number of pyridine rings is 1. The summed E-state index contributed by atoms with van der Waals surface area (Å²) in [5.74, 6) is 4.49. The number of thiol groups is 1. The molecule has 4 saturated carbocycles. The molecule has 0 unspecified atom stereocenters. The Morgan fingerprint density at radius 3 is 2.38 bits per heavy atom. The first-order chi connectivity index (χ1) is 12.7. The minimum absolute atomic E-state index is 0.713. The first-order valence-corrected chi connectivity index (χ1v) is 10.2. The highest BCUT2D eigenvalue weighted by Gasteiger charge is 2.48. The third-order valence-corrected chi connectivity index (χ3v) is 7.58. The molecular formula is C21H24N4S. The minimum Gasteiger partial charge on any atom is -0.277 e. The van der Waals surface area contributed by atoms with E-state index in [2.05, 4.69) is 42.6 Å². The van der Waals surface area contributed by atoms with Crippen LogP contribution in [-0.4, -0.2) is 18.7 Å². The van der Waals surface area contributed by atoms with Crippen LogP contribution in [0, 0.1) is 23.7 Å². The molecule has 3 heterocycles. The second-order valence-corrected chi connectivity index (χ2v) is 9.32. The monoisotopic (exact) mass is 364 g/mol. The van der Waals surface area contributed by atoms with Gasteiger partial charge >= 0.3 is 0 Å². The zero-order valence-corrected chi connectivity index (χ0v) is 15.9. The molecule has 0 radical (unpaired) electrons. The van der Waals surface area contributed by atoms with Gasteiger partial charge in [-0.25, -0.2) is 4.98 Å². The van der Waals surface area contributed by atoms with Crippen molar-refractivity contribution < 1.29 is 0 Å². The van der Waals surface area contributed by atoms with Crippen molar-refractivity contribution >= 4 is 23.8 Å². The molecule has 0 saturated heterocycles. The zero-order chi connectivity index (χ0) is 17.4. The molecule has 134 valence electrons. The van der Waals surface area contributed by atoms with Crippen molar-refractivity contribution in [3.63, 3.8) is 0 Å². The van der Waals surface area contributed by atoms with Gasteiger partial charge in [0.25, 0.3) is 0 Å². The first kappa shape index (κ1) is 15.3. The van der Waals surface area contributed by atoms with Crippen LogP contribution in [0.4, 0.5) is 0 Å². The molecule has 4 bridgehead atoms. The number of hydrogen-bond donors (Lipinski definition) is 1. The highest BCUT2D eigenvalue weighted by Crippen LogP contribution is 2.59. The lowest BCUT2D eigenvalue weighted by Gasteiger charge is -2.54. The number of aromatic nitrogens is 4. The van der Waals surface area contributed by atoms with Crippen molar-refractivity contribution in [1.82, 2.24) is 18.7 Å². The third-order valence-electron chi connectivity index (χ3n) is 7.27. The average molecular weight is 365 g/mol. The first-order valence-electron chi connectivity index (χ1n) is 9.85. The summed E-state index contributed by atoms with van der Waals surface area (Å²) in [5, 5.41) is 5.55. The van der Waals surface area contributed by atoms with Crippen LogP contribution in [0.3, 0.4) is 0 Å². The lowest BCUT2D eigenvalue weighted by Crippen LogP contribution is -2.43. The van der Waals surface area contributed by atoms with Gasteiger partial charge in [0, 0.05) is 42.2 Å². The number of aryl methyl sites for hydroxylation is 1. The van der Waals surface area contributed by atoms with Gasteiger partial charge in [-0.05, 0) is 73.3 Å². The highest BCUT2D eigenvalue weighted by atomic mass is 32.1. The maximum Gasteiger partial charge on any atom is 0.150 e. The van der Waals surface area contributed by atoms with Crippen molar-refractivity contribution in [2.24, 2.45) is 30.7 Å². The fourth-order valence-corrected chi connectivity index (χ4v) is 6.82. The van der Waals surface area contributed by atoms with Crippen molar-refractivity contribution in [1.29, 1.82) is 0 Å². The van der Waals surface area contributed by atoms with Gasteiger partial charge in [0.2, 0.25) is 0 Å². The molecule has 5 heteroatoms. The average Bonchev–Trinajstić information content (AvgIpc) is 3.17. The van der Waals surface area contributed by atoms with E-state index in [1.807, 2.05) is 21.9 Å². The summed E-state index contributed by atoms with van der Waals surface area (Å²) in [6, 6.07) is 2.41. The third kappa shape index (κ3) is 2.16. The lowest BCUT2D eigenvalue weighted by atomic mass is 9.51. The van der Waals surface area contributed by atoms with Crippen LogP contribution in [0.2, 0.25) is 0 Å². The van der Waals surface area contributed by atoms with Crippen molar-refractivity contribution in [3.8, 4) is 11.1 Å². The van der Waals surface area contributed by atoms with E-state index >= 15 is 0 Å². The Labute approximate surface area is 159 Å². The standard InChI is InChI=1S/C21H24N4S/c1-24-10-17(9-23-24)19-11-25(26)21-18(19)7-16(8-22-21)20-14-3-12-2-13(5-14)6-15(20)4-12/h7-15,20,26H,2-6H2,1H3. The molecule has 0 aliphatic heterocycles. The Kier molecular flexibility index (Phi) is 3.17. The van der Waals surface area contributed by atoms with Crippen LogP contribution in [-0.2, 0) is 7.05 Å². The molecule has 0 spiro atoms. The summed E-state index contributed by atoms with van der Waals surface area (Å²) in [6.45, 7) is 0. The summed E-state index contributed by atoms with van der Waals surface area (Å²) >= 11 is 4.60. The van der Waals surface area contributed by atoms with E-state index in [0.29, 0.717) is 5.92 Å². The van der Waals surface area contributed by atoms with Gasteiger partial charge in [-0.15, -0.1) is 0 Å². The van der Waals surface area contributed by atoms with Crippen molar-refractivity contribution in [2.75, 3.05) is 0 Å².